The Balaban J connectivity index is 1.72. The topological polar surface area (TPSA) is 84.3 Å². The number of para-hydroxylation sites is 2. The van der Waals surface area contributed by atoms with Gasteiger partial charge in [0.25, 0.3) is 0 Å². The van der Waals surface area contributed by atoms with Crippen LogP contribution in [0.25, 0.3) is 11.0 Å². The maximum absolute atomic E-state index is 12.3. The van der Waals surface area contributed by atoms with Crippen LogP contribution in [0.3, 0.4) is 0 Å². The monoisotopic (exact) mass is 336 g/mol. The molecule has 8 heteroatoms. The molecule has 1 aromatic heterocycles. The molecule has 0 bridgehead atoms. The fourth-order valence-electron chi connectivity index (χ4n) is 2.81. The van der Waals surface area contributed by atoms with E-state index in [9.17, 15) is 13.2 Å². The quantitative estimate of drug-likeness (QED) is 0.889. The van der Waals surface area contributed by atoms with Crippen molar-refractivity contribution in [1.29, 1.82) is 0 Å². The van der Waals surface area contributed by atoms with Gasteiger partial charge in [0, 0.05) is 20.1 Å². The number of fused-ring (bicyclic) bond motifs is 1. The van der Waals surface area contributed by atoms with Crippen LogP contribution in [0.5, 0.6) is 0 Å². The third kappa shape index (κ3) is 3.17. The summed E-state index contributed by atoms with van der Waals surface area (Å²) in [6, 6.07) is 7.28. The first-order valence-electron chi connectivity index (χ1n) is 7.54. The van der Waals surface area contributed by atoms with Gasteiger partial charge in [0.2, 0.25) is 0 Å². The molecule has 0 radical (unpaired) electrons. The van der Waals surface area contributed by atoms with Crippen LogP contribution in [0.15, 0.2) is 24.3 Å². The maximum Gasteiger partial charge on any atom is 0.318 e. The smallest absolute Gasteiger partial charge is 0.318 e. The average molecular weight is 336 g/mol. The third-order valence-electron chi connectivity index (χ3n) is 4.18. The zero-order chi connectivity index (χ0) is 16.6. The van der Waals surface area contributed by atoms with Gasteiger partial charge < -0.3 is 14.8 Å². The zero-order valence-corrected chi connectivity index (χ0v) is 14.0. The van der Waals surface area contributed by atoms with Gasteiger partial charge >= 0.3 is 6.03 Å². The molecule has 2 aromatic rings. The molecule has 1 aliphatic heterocycles. The van der Waals surface area contributed by atoms with Crippen molar-refractivity contribution in [3.63, 3.8) is 0 Å². The molecule has 1 fully saturated rings. The molecule has 1 saturated heterocycles. The second-order valence-corrected chi connectivity index (χ2v) is 8.13. The number of sulfone groups is 1. The third-order valence-corrected chi connectivity index (χ3v) is 5.79. The standard InChI is InChI=1S/C15H20N4O3S/c1-11(14-17-12-5-3-4-6-13(12)18(14)2)16-15(20)19-7-9-23(21,22)10-8-19/h3-6,11H,7-10H2,1-2H3,(H,16,20). The number of benzene rings is 1. The number of carbonyl (C=O) groups is 1. The normalized spacial score (nSPS) is 18.8. The first kappa shape index (κ1) is 15.8. The summed E-state index contributed by atoms with van der Waals surface area (Å²) in [5.74, 6) is 0.825. The molecular weight excluding hydrogens is 316 g/mol. The van der Waals surface area contributed by atoms with Gasteiger partial charge in [-0.1, -0.05) is 12.1 Å². The van der Waals surface area contributed by atoms with E-state index < -0.39 is 9.84 Å². The minimum absolute atomic E-state index is 0.0289. The minimum Gasteiger partial charge on any atom is -0.329 e. The highest BCUT2D eigenvalue weighted by Gasteiger charge is 2.26. The van der Waals surface area contributed by atoms with Crippen molar-refractivity contribution in [3.8, 4) is 0 Å². The molecule has 1 unspecified atom stereocenters. The van der Waals surface area contributed by atoms with Gasteiger partial charge in [-0.15, -0.1) is 0 Å². The Hall–Kier alpha value is -2.09. The lowest BCUT2D eigenvalue weighted by molar-refractivity contribution is 0.198. The van der Waals surface area contributed by atoms with Crippen molar-refractivity contribution in [3.05, 3.63) is 30.1 Å². The summed E-state index contributed by atoms with van der Waals surface area (Å²) in [5, 5.41) is 2.90. The molecule has 2 heterocycles. The maximum atomic E-state index is 12.3. The number of aromatic nitrogens is 2. The van der Waals surface area contributed by atoms with Crippen LogP contribution >= 0.6 is 0 Å². The van der Waals surface area contributed by atoms with Gasteiger partial charge in [0.05, 0.1) is 28.6 Å². The summed E-state index contributed by atoms with van der Waals surface area (Å²) in [7, 11) is -1.07. The van der Waals surface area contributed by atoms with Crippen LogP contribution in [0.4, 0.5) is 4.79 Å². The van der Waals surface area contributed by atoms with Crippen molar-refractivity contribution in [2.24, 2.45) is 7.05 Å². The van der Waals surface area contributed by atoms with E-state index in [1.165, 1.54) is 0 Å². The number of urea groups is 1. The Bertz CT molecular complexity index is 830. The van der Waals surface area contributed by atoms with Gasteiger partial charge in [-0.3, -0.25) is 0 Å². The fraction of sp³-hybridized carbons (Fsp3) is 0.467. The molecule has 1 aromatic carbocycles. The highest BCUT2D eigenvalue weighted by atomic mass is 32.2. The molecule has 1 atom stereocenters. The molecular formula is C15H20N4O3S. The Morgan fingerprint density at radius 1 is 1.26 bits per heavy atom. The van der Waals surface area contributed by atoms with E-state index in [-0.39, 0.29) is 36.7 Å². The number of aryl methyl sites for hydroxylation is 1. The predicted molar refractivity (Wildman–Crippen MR) is 87.9 cm³/mol. The highest BCUT2D eigenvalue weighted by molar-refractivity contribution is 7.91. The minimum atomic E-state index is -2.99. The largest absolute Gasteiger partial charge is 0.329 e. The fourth-order valence-corrected chi connectivity index (χ4v) is 4.01. The highest BCUT2D eigenvalue weighted by Crippen LogP contribution is 2.19. The van der Waals surface area contributed by atoms with Gasteiger partial charge in [-0.25, -0.2) is 18.2 Å². The molecule has 0 aliphatic carbocycles. The molecule has 124 valence electrons. The van der Waals surface area contributed by atoms with Crippen LogP contribution in [0.1, 0.15) is 18.8 Å². The van der Waals surface area contributed by atoms with Crippen molar-refractivity contribution in [2.45, 2.75) is 13.0 Å². The van der Waals surface area contributed by atoms with Crippen LogP contribution in [0, 0.1) is 0 Å². The number of imidazole rings is 1. The number of carbonyl (C=O) groups excluding carboxylic acids is 1. The molecule has 0 spiro atoms. The molecule has 1 N–H and O–H groups in total. The van der Waals surface area contributed by atoms with E-state index in [1.54, 1.807) is 4.90 Å². The van der Waals surface area contributed by atoms with E-state index in [4.69, 9.17) is 0 Å². The number of nitrogens with one attached hydrogen (secondary N) is 1. The number of hydrogen-bond acceptors (Lipinski definition) is 4. The predicted octanol–water partition coefficient (Wildman–Crippen LogP) is 1.07. The Morgan fingerprint density at radius 2 is 1.91 bits per heavy atom. The van der Waals surface area contributed by atoms with E-state index in [0.717, 1.165) is 16.9 Å². The van der Waals surface area contributed by atoms with Crippen molar-refractivity contribution >= 4 is 26.9 Å². The lowest BCUT2D eigenvalue weighted by atomic mass is 10.3. The molecule has 0 saturated carbocycles. The number of hydrogen-bond donors (Lipinski definition) is 1. The van der Waals surface area contributed by atoms with Gasteiger partial charge in [-0.2, -0.15) is 0 Å². The van der Waals surface area contributed by atoms with Gasteiger partial charge in [0.1, 0.15) is 5.82 Å². The summed E-state index contributed by atoms with van der Waals surface area (Å²) in [6.45, 7) is 2.35. The average Bonchev–Trinajstić information content (AvgIpc) is 2.85. The Labute approximate surface area is 135 Å². The summed E-state index contributed by atoms with van der Waals surface area (Å²) >= 11 is 0. The number of rotatable bonds is 2. The Kier molecular flexibility index (Phi) is 4.01. The summed E-state index contributed by atoms with van der Waals surface area (Å²) in [5.41, 5.74) is 1.89. The number of nitrogens with zero attached hydrogens (tertiary/aromatic N) is 3. The van der Waals surface area contributed by atoms with Gasteiger partial charge in [-0.05, 0) is 19.1 Å². The SMILES string of the molecule is CC(NC(=O)N1CCS(=O)(=O)CC1)c1nc2ccccc2n1C. The van der Waals surface area contributed by atoms with E-state index in [0.29, 0.717) is 0 Å². The van der Waals surface area contributed by atoms with Crippen molar-refractivity contribution in [1.82, 2.24) is 19.8 Å². The van der Waals surface area contributed by atoms with Gasteiger partial charge in [0.15, 0.2) is 9.84 Å². The zero-order valence-electron chi connectivity index (χ0n) is 13.2. The first-order valence-corrected chi connectivity index (χ1v) is 9.37. The summed E-state index contributed by atoms with van der Waals surface area (Å²) in [4.78, 5) is 18.4. The van der Waals surface area contributed by atoms with Crippen LogP contribution in [-0.2, 0) is 16.9 Å². The first-order chi connectivity index (χ1) is 10.9. The number of amides is 2. The summed E-state index contributed by atoms with van der Waals surface area (Å²) in [6.07, 6.45) is 0. The van der Waals surface area contributed by atoms with E-state index in [2.05, 4.69) is 10.3 Å². The van der Waals surface area contributed by atoms with E-state index >= 15 is 0 Å². The Morgan fingerprint density at radius 3 is 2.57 bits per heavy atom. The molecule has 23 heavy (non-hydrogen) atoms. The van der Waals surface area contributed by atoms with Crippen molar-refractivity contribution in [2.75, 3.05) is 24.6 Å². The second kappa shape index (κ2) is 5.84. The van der Waals surface area contributed by atoms with Crippen molar-refractivity contribution < 1.29 is 13.2 Å². The van der Waals surface area contributed by atoms with Crippen LogP contribution in [-0.4, -0.2) is 53.5 Å². The molecule has 1 aliphatic rings. The second-order valence-electron chi connectivity index (χ2n) is 5.83. The van der Waals surface area contributed by atoms with E-state index in [1.807, 2.05) is 42.8 Å². The lowest BCUT2D eigenvalue weighted by Gasteiger charge is -2.28. The molecule has 7 nitrogen and oxygen atoms in total. The molecule has 3 rings (SSSR count). The lowest BCUT2D eigenvalue weighted by Crippen LogP contribution is -2.48. The van der Waals surface area contributed by atoms with Crippen LogP contribution < -0.4 is 5.32 Å². The molecule has 2 amide bonds. The van der Waals surface area contributed by atoms with Crippen LogP contribution in [0.2, 0.25) is 0 Å². The summed E-state index contributed by atoms with van der Waals surface area (Å²) < 4.78 is 24.8.